The van der Waals surface area contributed by atoms with E-state index in [0.29, 0.717) is 5.69 Å². The standard InChI is InChI=1S/C17H20N2O4/c1-12-3-5-13(6-4-12)11-23-16-8-19(9-17(22)18-2)14(10-20)7-15(16)21/h3-8,20H,9-11H2,1-2H3,(H,18,22). The van der Waals surface area contributed by atoms with E-state index in [-0.39, 0.29) is 36.8 Å². The monoisotopic (exact) mass is 316 g/mol. The molecule has 6 heteroatoms. The van der Waals surface area contributed by atoms with Crippen LogP contribution in [-0.2, 0) is 24.6 Å². The molecule has 0 radical (unpaired) electrons. The SMILES string of the molecule is CNC(=O)Cn1cc(OCc2ccc(C)cc2)c(=O)cc1CO. The number of carbonyl (C=O) groups excluding carboxylic acids is 1. The van der Waals surface area contributed by atoms with Gasteiger partial charge in [0.05, 0.1) is 12.8 Å². The molecular formula is C17H20N2O4. The molecule has 0 spiro atoms. The third kappa shape index (κ3) is 4.43. The van der Waals surface area contributed by atoms with Gasteiger partial charge in [-0.1, -0.05) is 29.8 Å². The summed E-state index contributed by atoms with van der Waals surface area (Å²) in [5.74, 6) is -0.0838. The number of ether oxygens (including phenoxy) is 1. The predicted molar refractivity (Wildman–Crippen MR) is 86.2 cm³/mol. The molecule has 1 heterocycles. The smallest absolute Gasteiger partial charge is 0.239 e. The maximum Gasteiger partial charge on any atom is 0.239 e. The summed E-state index contributed by atoms with van der Waals surface area (Å²) in [6.45, 7) is 1.93. The molecule has 0 aliphatic carbocycles. The van der Waals surface area contributed by atoms with Crippen LogP contribution in [0.15, 0.2) is 41.3 Å². The second kappa shape index (κ2) is 7.60. The lowest BCUT2D eigenvalue weighted by Crippen LogP contribution is -2.26. The highest BCUT2D eigenvalue weighted by atomic mass is 16.5. The Bertz CT molecular complexity index is 735. The molecule has 23 heavy (non-hydrogen) atoms. The Hall–Kier alpha value is -2.60. The number of rotatable bonds is 6. The second-order valence-corrected chi connectivity index (χ2v) is 5.23. The second-order valence-electron chi connectivity index (χ2n) is 5.23. The summed E-state index contributed by atoms with van der Waals surface area (Å²) >= 11 is 0. The van der Waals surface area contributed by atoms with Crippen LogP contribution in [0.4, 0.5) is 0 Å². The van der Waals surface area contributed by atoms with Gasteiger partial charge in [0.25, 0.3) is 0 Å². The van der Waals surface area contributed by atoms with E-state index < -0.39 is 0 Å². The van der Waals surface area contributed by atoms with E-state index in [0.717, 1.165) is 11.1 Å². The molecule has 0 atom stereocenters. The van der Waals surface area contributed by atoms with Crippen molar-refractivity contribution in [2.45, 2.75) is 26.7 Å². The van der Waals surface area contributed by atoms with Crippen molar-refractivity contribution >= 4 is 5.91 Å². The molecule has 0 aliphatic rings. The highest BCUT2D eigenvalue weighted by Gasteiger charge is 2.10. The molecule has 0 saturated carbocycles. The molecule has 2 aromatic rings. The van der Waals surface area contributed by atoms with Gasteiger partial charge >= 0.3 is 0 Å². The Labute approximate surface area is 134 Å². The first-order chi connectivity index (χ1) is 11.0. The lowest BCUT2D eigenvalue weighted by atomic mass is 10.2. The maximum absolute atomic E-state index is 12.0. The Morgan fingerprint density at radius 1 is 1.30 bits per heavy atom. The zero-order valence-electron chi connectivity index (χ0n) is 13.2. The van der Waals surface area contributed by atoms with Crippen LogP contribution in [0.2, 0.25) is 0 Å². The van der Waals surface area contributed by atoms with E-state index >= 15 is 0 Å². The van der Waals surface area contributed by atoms with Crippen LogP contribution in [0.25, 0.3) is 0 Å². The summed E-state index contributed by atoms with van der Waals surface area (Å²) in [6, 6.07) is 9.09. The van der Waals surface area contributed by atoms with Gasteiger partial charge < -0.3 is 19.7 Å². The van der Waals surface area contributed by atoms with Crippen molar-refractivity contribution in [2.24, 2.45) is 0 Å². The predicted octanol–water partition coefficient (Wildman–Crippen LogP) is 0.974. The fourth-order valence-corrected chi connectivity index (χ4v) is 2.06. The minimum atomic E-state index is -0.329. The number of hydrogen-bond acceptors (Lipinski definition) is 4. The number of nitrogens with one attached hydrogen (secondary N) is 1. The first kappa shape index (κ1) is 16.8. The molecule has 1 aromatic heterocycles. The van der Waals surface area contributed by atoms with Gasteiger partial charge in [-0.15, -0.1) is 0 Å². The average Bonchev–Trinajstić information content (AvgIpc) is 2.56. The summed E-state index contributed by atoms with van der Waals surface area (Å²) in [5.41, 5.74) is 2.13. The van der Waals surface area contributed by atoms with Gasteiger partial charge in [0.1, 0.15) is 13.2 Å². The number of aromatic nitrogens is 1. The molecule has 6 nitrogen and oxygen atoms in total. The first-order valence-corrected chi connectivity index (χ1v) is 7.26. The molecule has 2 rings (SSSR count). The van der Waals surface area contributed by atoms with E-state index in [4.69, 9.17) is 4.74 Å². The number of benzene rings is 1. The van der Waals surface area contributed by atoms with Gasteiger partial charge in [0, 0.05) is 18.8 Å². The molecule has 1 aromatic carbocycles. The summed E-state index contributed by atoms with van der Waals surface area (Å²) in [6.07, 6.45) is 1.46. The Morgan fingerprint density at radius 3 is 2.61 bits per heavy atom. The van der Waals surface area contributed by atoms with Crippen molar-refractivity contribution < 1.29 is 14.6 Å². The molecule has 1 amide bonds. The van der Waals surface area contributed by atoms with E-state index in [1.165, 1.54) is 23.9 Å². The number of hydrogen-bond donors (Lipinski definition) is 2. The molecule has 122 valence electrons. The quantitative estimate of drug-likeness (QED) is 0.832. The third-order valence-corrected chi connectivity index (χ3v) is 3.45. The van der Waals surface area contributed by atoms with Crippen molar-refractivity contribution in [1.29, 1.82) is 0 Å². The van der Waals surface area contributed by atoms with Crippen molar-refractivity contribution in [3.63, 3.8) is 0 Å². The highest BCUT2D eigenvalue weighted by Crippen LogP contribution is 2.11. The van der Waals surface area contributed by atoms with E-state index in [1.807, 2.05) is 31.2 Å². The zero-order chi connectivity index (χ0) is 16.8. The van der Waals surface area contributed by atoms with Crippen LogP contribution in [-0.4, -0.2) is 22.6 Å². The van der Waals surface area contributed by atoms with Crippen molar-refractivity contribution in [3.05, 3.63) is 63.6 Å². The first-order valence-electron chi connectivity index (χ1n) is 7.26. The van der Waals surface area contributed by atoms with Crippen LogP contribution < -0.4 is 15.5 Å². The minimum Gasteiger partial charge on any atom is -0.483 e. The topological polar surface area (TPSA) is 80.6 Å². The van der Waals surface area contributed by atoms with Crippen LogP contribution >= 0.6 is 0 Å². The minimum absolute atomic E-state index is 0.00750. The van der Waals surface area contributed by atoms with Crippen LogP contribution in [0.5, 0.6) is 5.75 Å². The zero-order valence-corrected chi connectivity index (χ0v) is 13.2. The third-order valence-electron chi connectivity index (χ3n) is 3.45. The largest absolute Gasteiger partial charge is 0.483 e. The van der Waals surface area contributed by atoms with E-state index in [9.17, 15) is 14.7 Å². The summed E-state index contributed by atoms with van der Waals surface area (Å²) in [7, 11) is 1.53. The van der Waals surface area contributed by atoms with Crippen molar-refractivity contribution in [1.82, 2.24) is 9.88 Å². The fraction of sp³-hybridized carbons (Fsp3) is 0.294. The molecule has 0 unspecified atom stereocenters. The van der Waals surface area contributed by atoms with Gasteiger partial charge in [0.2, 0.25) is 11.3 Å². The summed E-state index contributed by atoms with van der Waals surface area (Å²) in [5, 5.41) is 11.8. The average molecular weight is 316 g/mol. The summed E-state index contributed by atoms with van der Waals surface area (Å²) < 4.78 is 7.08. The summed E-state index contributed by atoms with van der Waals surface area (Å²) in [4.78, 5) is 23.6. The Kier molecular flexibility index (Phi) is 5.54. The number of carbonyl (C=O) groups is 1. The number of nitrogens with zero attached hydrogens (tertiary/aromatic N) is 1. The fourth-order valence-electron chi connectivity index (χ4n) is 2.06. The number of aryl methyl sites for hydroxylation is 1. The molecule has 0 fully saturated rings. The van der Waals surface area contributed by atoms with E-state index in [2.05, 4.69) is 5.32 Å². The lowest BCUT2D eigenvalue weighted by Gasteiger charge is -2.13. The lowest BCUT2D eigenvalue weighted by molar-refractivity contribution is -0.121. The van der Waals surface area contributed by atoms with Crippen LogP contribution in [0.1, 0.15) is 16.8 Å². The number of amides is 1. The Morgan fingerprint density at radius 2 is 2.00 bits per heavy atom. The molecule has 0 bridgehead atoms. The van der Waals surface area contributed by atoms with Gasteiger partial charge in [-0.25, -0.2) is 0 Å². The van der Waals surface area contributed by atoms with Gasteiger partial charge in [-0.2, -0.15) is 0 Å². The number of likely N-dealkylation sites (N-methyl/N-ethyl adjacent to an activating group) is 1. The molecule has 0 saturated heterocycles. The van der Waals surface area contributed by atoms with Gasteiger partial charge in [-0.3, -0.25) is 9.59 Å². The van der Waals surface area contributed by atoms with Crippen LogP contribution in [0.3, 0.4) is 0 Å². The van der Waals surface area contributed by atoms with Crippen molar-refractivity contribution in [3.8, 4) is 5.75 Å². The van der Waals surface area contributed by atoms with E-state index in [1.54, 1.807) is 0 Å². The number of aliphatic hydroxyl groups is 1. The number of pyridine rings is 1. The maximum atomic E-state index is 12.0. The molecular weight excluding hydrogens is 296 g/mol. The van der Waals surface area contributed by atoms with Crippen LogP contribution in [0, 0.1) is 6.92 Å². The van der Waals surface area contributed by atoms with Gasteiger partial charge in [-0.05, 0) is 12.5 Å². The molecule has 2 N–H and O–H groups in total. The number of aliphatic hydroxyl groups excluding tert-OH is 1. The highest BCUT2D eigenvalue weighted by molar-refractivity contribution is 5.75. The normalized spacial score (nSPS) is 10.4. The Balaban J connectivity index is 2.20. The molecule has 0 aliphatic heterocycles. The van der Waals surface area contributed by atoms with Gasteiger partial charge in [0.15, 0.2) is 5.75 Å². The van der Waals surface area contributed by atoms with Crippen molar-refractivity contribution in [2.75, 3.05) is 7.05 Å².